The maximum atomic E-state index is 12.6. The van der Waals surface area contributed by atoms with E-state index in [9.17, 15) is 9.59 Å². The monoisotopic (exact) mass is 368 g/mol. The fourth-order valence-corrected chi connectivity index (χ4v) is 3.15. The number of aryl methyl sites for hydroxylation is 2. The second-order valence-electron chi connectivity index (χ2n) is 6.33. The maximum absolute atomic E-state index is 12.6. The smallest absolute Gasteiger partial charge is 0.240 e. The summed E-state index contributed by atoms with van der Waals surface area (Å²) in [5.74, 6) is 0.382. The quantitative estimate of drug-likeness (QED) is 0.776. The van der Waals surface area contributed by atoms with Gasteiger partial charge in [-0.15, -0.1) is 0 Å². The Labute approximate surface area is 161 Å². The highest BCUT2D eigenvalue weighted by Crippen LogP contribution is 2.27. The van der Waals surface area contributed by atoms with E-state index in [-0.39, 0.29) is 18.4 Å². The molecule has 0 saturated carbocycles. The van der Waals surface area contributed by atoms with Crippen LogP contribution in [0.25, 0.3) is 0 Å². The number of amides is 2. The minimum atomic E-state index is -0.205. The van der Waals surface area contributed by atoms with E-state index in [0.29, 0.717) is 6.54 Å². The molecule has 1 N–H and O–H groups in total. The summed E-state index contributed by atoms with van der Waals surface area (Å²) in [4.78, 5) is 26.5. The molecule has 0 heterocycles. The lowest BCUT2D eigenvalue weighted by Crippen LogP contribution is -2.40. The molecule has 2 aromatic carbocycles. The third-order valence-corrected chi connectivity index (χ3v) is 4.59. The van der Waals surface area contributed by atoms with Crippen LogP contribution in [0, 0.1) is 0 Å². The SMILES string of the molecule is CCc1cccc(CC)c1N(CC(=O)NCc1ccccc1OC)C(C)=O. The van der Waals surface area contributed by atoms with Crippen LogP contribution in [0.2, 0.25) is 0 Å². The van der Waals surface area contributed by atoms with E-state index in [1.165, 1.54) is 6.92 Å². The first-order valence-corrected chi connectivity index (χ1v) is 9.29. The summed E-state index contributed by atoms with van der Waals surface area (Å²) in [7, 11) is 1.60. The molecule has 0 spiro atoms. The summed E-state index contributed by atoms with van der Waals surface area (Å²) in [5, 5.41) is 2.89. The first-order valence-electron chi connectivity index (χ1n) is 9.29. The Morgan fingerprint density at radius 2 is 1.56 bits per heavy atom. The van der Waals surface area contributed by atoms with Gasteiger partial charge >= 0.3 is 0 Å². The molecule has 0 atom stereocenters. The summed E-state index contributed by atoms with van der Waals surface area (Å²) in [6, 6.07) is 13.6. The predicted molar refractivity (Wildman–Crippen MR) is 108 cm³/mol. The third kappa shape index (κ3) is 5.09. The average molecular weight is 368 g/mol. The van der Waals surface area contributed by atoms with Crippen molar-refractivity contribution in [2.45, 2.75) is 40.2 Å². The van der Waals surface area contributed by atoms with Crippen LogP contribution >= 0.6 is 0 Å². The number of rotatable bonds is 8. The number of anilines is 1. The van der Waals surface area contributed by atoms with Gasteiger partial charge in [0, 0.05) is 19.0 Å². The fraction of sp³-hybridized carbons (Fsp3) is 0.364. The van der Waals surface area contributed by atoms with Gasteiger partial charge in [-0.3, -0.25) is 9.59 Å². The number of nitrogens with one attached hydrogen (secondary N) is 1. The molecule has 27 heavy (non-hydrogen) atoms. The Morgan fingerprint density at radius 3 is 2.11 bits per heavy atom. The van der Waals surface area contributed by atoms with Gasteiger partial charge in [-0.1, -0.05) is 50.2 Å². The molecular weight excluding hydrogens is 340 g/mol. The van der Waals surface area contributed by atoms with Crippen molar-refractivity contribution in [1.82, 2.24) is 5.32 Å². The molecule has 0 fully saturated rings. The van der Waals surface area contributed by atoms with Crippen molar-refractivity contribution in [2.24, 2.45) is 0 Å². The zero-order valence-corrected chi connectivity index (χ0v) is 16.5. The number of carbonyl (C=O) groups excluding carboxylic acids is 2. The van der Waals surface area contributed by atoms with Crippen LogP contribution in [0.3, 0.4) is 0 Å². The van der Waals surface area contributed by atoms with Crippen LogP contribution in [0.4, 0.5) is 5.69 Å². The molecule has 0 radical (unpaired) electrons. The Hall–Kier alpha value is -2.82. The molecule has 5 nitrogen and oxygen atoms in total. The summed E-state index contributed by atoms with van der Waals surface area (Å²) in [5.41, 5.74) is 3.90. The van der Waals surface area contributed by atoms with Crippen LogP contribution in [0.5, 0.6) is 5.75 Å². The Morgan fingerprint density at radius 1 is 0.963 bits per heavy atom. The number of carbonyl (C=O) groups is 2. The Balaban J connectivity index is 2.17. The molecule has 0 aliphatic carbocycles. The van der Waals surface area contributed by atoms with E-state index in [2.05, 4.69) is 19.2 Å². The first kappa shape index (κ1) is 20.5. The number of benzene rings is 2. The van der Waals surface area contributed by atoms with Crippen LogP contribution in [-0.2, 0) is 29.0 Å². The van der Waals surface area contributed by atoms with Gasteiger partial charge in [0.15, 0.2) is 0 Å². The first-order chi connectivity index (χ1) is 13.0. The van der Waals surface area contributed by atoms with E-state index in [1.807, 2.05) is 42.5 Å². The molecule has 0 aliphatic heterocycles. The van der Waals surface area contributed by atoms with E-state index in [4.69, 9.17) is 4.74 Å². The molecule has 2 aromatic rings. The summed E-state index contributed by atoms with van der Waals surface area (Å²) in [6.07, 6.45) is 1.60. The van der Waals surface area contributed by atoms with Gasteiger partial charge < -0.3 is 15.0 Å². The van der Waals surface area contributed by atoms with Gasteiger partial charge in [0.05, 0.1) is 12.8 Å². The zero-order chi connectivity index (χ0) is 19.8. The number of hydrogen-bond donors (Lipinski definition) is 1. The lowest BCUT2D eigenvalue weighted by molar-refractivity contribution is -0.123. The third-order valence-electron chi connectivity index (χ3n) is 4.59. The summed E-state index contributed by atoms with van der Waals surface area (Å²) >= 11 is 0. The van der Waals surface area contributed by atoms with Gasteiger partial charge in [-0.2, -0.15) is 0 Å². The fourth-order valence-electron chi connectivity index (χ4n) is 3.15. The molecule has 0 aromatic heterocycles. The minimum Gasteiger partial charge on any atom is -0.496 e. The van der Waals surface area contributed by atoms with E-state index < -0.39 is 0 Å². The van der Waals surface area contributed by atoms with Gasteiger partial charge in [0.25, 0.3) is 0 Å². The van der Waals surface area contributed by atoms with E-state index in [1.54, 1.807) is 12.0 Å². The van der Waals surface area contributed by atoms with Crippen LogP contribution < -0.4 is 15.0 Å². The lowest BCUT2D eigenvalue weighted by Gasteiger charge is -2.26. The normalized spacial score (nSPS) is 10.4. The van der Waals surface area contributed by atoms with Crippen molar-refractivity contribution in [1.29, 1.82) is 0 Å². The number of methoxy groups -OCH3 is 1. The molecule has 0 unspecified atom stereocenters. The van der Waals surface area contributed by atoms with Crippen molar-refractivity contribution in [3.05, 3.63) is 59.2 Å². The van der Waals surface area contributed by atoms with Crippen molar-refractivity contribution >= 4 is 17.5 Å². The molecule has 5 heteroatoms. The van der Waals surface area contributed by atoms with Gasteiger partial charge in [-0.25, -0.2) is 0 Å². The van der Waals surface area contributed by atoms with Crippen LogP contribution in [0.15, 0.2) is 42.5 Å². The van der Waals surface area contributed by atoms with Crippen LogP contribution in [-0.4, -0.2) is 25.5 Å². The van der Waals surface area contributed by atoms with Gasteiger partial charge in [0.1, 0.15) is 12.3 Å². The van der Waals surface area contributed by atoms with E-state index in [0.717, 1.165) is 41.0 Å². The zero-order valence-electron chi connectivity index (χ0n) is 16.5. The predicted octanol–water partition coefficient (Wildman–Crippen LogP) is 3.49. The molecule has 144 valence electrons. The van der Waals surface area contributed by atoms with Gasteiger partial charge in [-0.05, 0) is 30.0 Å². The topological polar surface area (TPSA) is 58.6 Å². The molecule has 0 bridgehead atoms. The number of nitrogens with zero attached hydrogens (tertiary/aromatic N) is 1. The standard InChI is InChI=1S/C22H28N2O3/c1-5-17-11-9-12-18(6-2)22(17)24(16(3)25)15-21(26)23-14-19-10-7-8-13-20(19)27-4/h7-13H,5-6,14-15H2,1-4H3,(H,23,26). The Bertz CT molecular complexity index is 780. The summed E-state index contributed by atoms with van der Waals surface area (Å²) < 4.78 is 5.31. The van der Waals surface area contributed by atoms with E-state index >= 15 is 0 Å². The molecule has 2 amide bonds. The summed E-state index contributed by atoms with van der Waals surface area (Å²) in [6.45, 7) is 5.95. The lowest BCUT2D eigenvalue weighted by atomic mass is 10.0. The van der Waals surface area contributed by atoms with Crippen molar-refractivity contribution in [3.8, 4) is 5.75 Å². The van der Waals surface area contributed by atoms with Crippen LogP contribution in [0.1, 0.15) is 37.5 Å². The molecule has 0 saturated heterocycles. The van der Waals surface area contributed by atoms with Crippen molar-refractivity contribution in [2.75, 3.05) is 18.6 Å². The number of ether oxygens (including phenoxy) is 1. The highest BCUT2D eigenvalue weighted by Gasteiger charge is 2.21. The highest BCUT2D eigenvalue weighted by atomic mass is 16.5. The second-order valence-corrected chi connectivity index (χ2v) is 6.33. The highest BCUT2D eigenvalue weighted by molar-refractivity contribution is 5.98. The Kier molecular flexibility index (Phi) is 7.41. The molecular formula is C22H28N2O3. The van der Waals surface area contributed by atoms with Gasteiger partial charge in [0.2, 0.25) is 11.8 Å². The minimum absolute atomic E-state index is 0.00546. The number of para-hydroxylation sites is 2. The van der Waals surface area contributed by atoms with Crippen molar-refractivity contribution in [3.63, 3.8) is 0 Å². The molecule has 2 rings (SSSR count). The average Bonchev–Trinajstić information content (AvgIpc) is 2.69. The number of hydrogen-bond acceptors (Lipinski definition) is 3. The largest absolute Gasteiger partial charge is 0.496 e. The maximum Gasteiger partial charge on any atom is 0.240 e. The second kappa shape index (κ2) is 9.76. The van der Waals surface area contributed by atoms with Crippen molar-refractivity contribution < 1.29 is 14.3 Å². The molecule has 0 aliphatic rings.